The standard InChI is InChI=1S/C26H33N5O2S/c1-20(29-16-18-31(19-17-29)34(32)22-12-10-21(33-2)11-13-22)25-27-24-9-5-4-8-23(24)26(28-25)30-14-6-3-7-15-30/h4-5,8-13,20H,3,6-7,14-19H2,1-2H3. The zero-order chi connectivity index (χ0) is 23.5. The Balaban J connectivity index is 1.31. The maximum absolute atomic E-state index is 13.1. The van der Waals surface area contributed by atoms with Crippen LogP contribution in [0.25, 0.3) is 10.9 Å². The molecule has 8 heteroatoms. The molecule has 0 amide bonds. The zero-order valence-corrected chi connectivity index (χ0v) is 20.8. The summed E-state index contributed by atoms with van der Waals surface area (Å²) in [7, 11) is 0.475. The highest BCUT2D eigenvalue weighted by molar-refractivity contribution is 7.82. The van der Waals surface area contributed by atoms with Crippen LogP contribution in [-0.4, -0.2) is 69.8 Å². The molecule has 0 radical (unpaired) electrons. The third-order valence-electron chi connectivity index (χ3n) is 6.95. The first kappa shape index (κ1) is 23.2. The molecule has 2 atom stereocenters. The zero-order valence-electron chi connectivity index (χ0n) is 20.0. The van der Waals surface area contributed by atoms with Crippen molar-refractivity contribution >= 4 is 27.7 Å². The topological polar surface area (TPSA) is 61.8 Å². The molecule has 0 spiro atoms. The van der Waals surface area contributed by atoms with Crippen molar-refractivity contribution in [3.63, 3.8) is 0 Å². The number of rotatable bonds is 6. The number of methoxy groups -OCH3 is 1. The van der Waals surface area contributed by atoms with Crippen molar-refractivity contribution in [1.29, 1.82) is 0 Å². The molecular weight excluding hydrogens is 446 g/mol. The minimum absolute atomic E-state index is 0.102. The molecule has 1 aromatic heterocycles. The highest BCUT2D eigenvalue weighted by Crippen LogP contribution is 2.30. The molecule has 180 valence electrons. The van der Waals surface area contributed by atoms with Crippen molar-refractivity contribution in [1.82, 2.24) is 19.2 Å². The largest absolute Gasteiger partial charge is 0.497 e. The minimum Gasteiger partial charge on any atom is -0.497 e. The van der Waals surface area contributed by atoms with Gasteiger partial charge in [-0.2, -0.15) is 0 Å². The van der Waals surface area contributed by atoms with Gasteiger partial charge >= 0.3 is 0 Å². The smallest absolute Gasteiger partial charge is 0.148 e. The minimum atomic E-state index is -1.17. The van der Waals surface area contributed by atoms with Crippen LogP contribution < -0.4 is 9.64 Å². The van der Waals surface area contributed by atoms with Crippen LogP contribution in [0, 0.1) is 0 Å². The van der Waals surface area contributed by atoms with E-state index < -0.39 is 11.0 Å². The summed E-state index contributed by atoms with van der Waals surface area (Å²) in [5.74, 6) is 2.73. The number of piperazine rings is 1. The van der Waals surface area contributed by atoms with Crippen molar-refractivity contribution in [2.45, 2.75) is 37.1 Å². The molecule has 7 nitrogen and oxygen atoms in total. The summed E-state index contributed by atoms with van der Waals surface area (Å²) in [5, 5.41) is 1.14. The lowest BCUT2D eigenvalue weighted by atomic mass is 10.1. The highest BCUT2D eigenvalue weighted by Gasteiger charge is 2.28. The molecule has 2 unspecified atom stereocenters. The summed E-state index contributed by atoms with van der Waals surface area (Å²) >= 11 is 0. The van der Waals surface area contributed by atoms with Crippen LogP contribution >= 0.6 is 0 Å². The second kappa shape index (κ2) is 10.4. The number of hydrogen-bond acceptors (Lipinski definition) is 6. The van der Waals surface area contributed by atoms with Gasteiger partial charge in [0.05, 0.1) is 23.6 Å². The molecule has 0 aliphatic carbocycles. The fraction of sp³-hybridized carbons (Fsp3) is 0.462. The maximum atomic E-state index is 13.1. The van der Waals surface area contributed by atoms with E-state index in [1.54, 1.807) is 7.11 Å². The monoisotopic (exact) mass is 479 g/mol. The first-order valence-electron chi connectivity index (χ1n) is 12.2. The number of aromatic nitrogens is 2. The molecule has 2 fully saturated rings. The van der Waals surface area contributed by atoms with Crippen LogP contribution in [0.2, 0.25) is 0 Å². The molecule has 2 saturated heterocycles. The molecule has 3 aromatic rings. The molecule has 2 aliphatic heterocycles. The summed E-state index contributed by atoms with van der Waals surface area (Å²) in [5.41, 5.74) is 1.01. The van der Waals surface area contributed by atoms with E-state index in [1.165, 1.54) is 19.3 Å². The summed E-state index contributed by atoms with van der Waals surface area (Å²) in [6, 6.07) is 16.0. The Morgan fingerprint density at radius 1 is 0.882 bits per heavy atom. The summed E-state index contributed by atoms with van der Waals surface area (Å²) in [4.78, 5) is 15.7. The fourth-order valence-corrected chi connectivity index (χ4v) is 6.03. The van der Waals surface area contributed by atoms with Crippen LogP contribution in [0.15, 0.2) is 53.4 Å². The third kappa shape index (κ3) is 4.80. The van der Waals surface area contributed by atoms with Gasteiger partial charge in [0, 0.05) is 44.7 Å². The van der Waals surface area contributed by atoms with Crippen molar-refractivity contribution in [3.8, 4) is 5.75 Å². The lowest BCUT2D eigenvalue weighted by Crippen LogP contribution is -2.47. The van der Waals surface area contributed by atoms with Gasteiger partial charge in [0.25, 0.3) is 0 Å². The van der Waals surface area contributed by atoms with Crippen molar-refractivity contribution in [3.05, 3.63) is 54.4 Å². The lowest BCUT2D eigenvalue weighted by molar-refractivity contribution is 0.144. The average molecular weight is 480 g/mol. The Kier molecular flexibility index (Phi) is 7.08. The molecular formula is C26H33N5O2S. The van der Waals surface area contributed by atoms with E-state index in [1.807, 2.05) is 28.6 Å². The van der Waals surface area contributed by atoms with E-state index in [2.05, 4.69) is 41.0 Å². The Morgan fingerprint density at radius 3 is 2.29 bits per heavy atom. The number of anilines is 1. The molecule has 2 aromatic carbocycles. The van der Waals surface area contributed by atoms with E-state index in [0.29, 0.717) is 0 Å². The molecule has 3 heterocycles. The van der Waals surface area contributed by atoms with E-state index in [9.17, 15) is 4.21 Å². The predicted octanol–water partition coefficient (Wildman–Crippen LogP) is 4.03. The van der Waals surface area contributed by atoms with Crippen molar-refractivity contribution < 1.29 is 8.95 Å². The Bertz CT molecular complexity index is 1140. The summed E-state index contributed by atoms with van der Waals surface area (Å²) in [6.45, 7) is 7.47. The van der Waals surface area contributed by atoms with E-state index >= 15 is 0 Å². The van der Waals surface area contributed by atoms with Crippen LogP contribution in [0.1, 0.15) is 38.1 Å². The van der Waals surface area contributed by atoms with Gasteiger partial charge in [-0.3, -0.25) is 4.90 Å². The number of fused-ring (bicyclic) bond motifs is 1. The third-order valence-corrected chi connectivity index (χ3v) is 8.46. The quantitative estimate of drug-likeness (QED) is 0.532. The second-order valence-electron chi connectivity index (χ2n) is 9.04. The Morgan fingerprint density at radius 2 is 1.59 bits per heavy atom. The number of benzene rings is 2. The average Bonchev–Trinajstić information content (AvgIpc) is 2.92. The van der Waals surface area contributed by atoms with Crippen molar-refractivity contribution in [2.75, 3.05) is 51.3 Å². The molecule has 2 aliphatic rings. The summed E-state index contributed by atoms with van der Waals surface area (Å²) < 4.78 is 20.3. The summed E-state index contributed by atoms with van der Waals surface area (Å²) in [6.07, 6.45) is 3.73. The number of para-hydroxylation sites is 1. The van der Waals surface area contributed by atoms with Crippen LogP contribution in [0.4, 0.5) is 5.82 Å². The highest BCUT2D eigenvalue weighted by atomic mass is 32.2. The number of piperidine rings is 1. The SMILES string of the molecule is COc1ccc(S(=O)N2CCN(C(C)c3nc(N4CCCCC4)c4ccccc4n3)CC2)cc1. The van der Waals surface area contributed by atoms with Crippen LogP contribution in [-0.2, 0) is 11.0 Å². The Hall–Kier alpha value is -2.55. The first-order valence-corrected chi connectivity index (χ1v) is 13.3. The first-order chi connectivity index (χ1) is 16.6. The molecule has 0 saturated carbocycles. The number of nitrogens with zero attached hydrogens (tertiary/aromatic N) is 5. The van der Waals surface area contributed by atoms with E-state index in [0.717, 1.165) is 72.5 Å². The van der Waals surface area contributed by atoms with Gasteiger partial charge in [-0.15, -0.1) is 0 Å². The number of ether oxygens (including phenoxy) is 1. The van der Waals surface area contributed by atoms with Gasteiger partial charge in [-0.25, -0.2) is 18.5 Å². The van der Waals surface area contributed by atoms with Crippen LogP contribution in [0.5, 0.6) is 5.75 Å². The number of hydrogen-bond donors (Lipinski definition) is 0. The maximum Gasteiger partial charge on any atom is 0.148 e. The fourth-order valence-electron chi connectivity index (χ4n) is 4.87. The van der Waals surface area contributed by atoms with Gasteiger partial charge in [-0.1, -0.05) is 12.1 Å². The van der Waals surface area contributed by atoms with Gasteiger partial charge in [-0.05, 0) is 62.6 Å². The lowest BCUT2D eigenvalue weighted by Gasteiger charge is -2.37. The van der Waals surface area contributed by atoms with E-state index in [4.69, 9.17) is 14.7 Å². The molecule has 0 N–H and O–H groups in total. The Labute approximate surface area is 204 Å². The normalized spacial score (nSPS) is 19.8. The van der Waals surface area contributed by atoms with Gasteiger partial charge in [0.1, 0.15) is 28.4 Å². The predicted molar refractivity (Wildman–Crippen MR) is 137 cm³/mol. The second-order valence-corrected chi connectivity index (χ2v) is 10.5. The van der Waals surface area contributed by atoms with Gasteiger partial charge in [0.15, 0.2) is 0 Å². The van der Waals surface area contributed by atoms with E-state index in [-0.39, 0.29) is 6.04 Å². The molecule has 5 rings (SSSR count). The van der Waals surface area contributed by atoms with Crippen molar-refractivity contribution in [2.24, 2.45) is 0 Å². The van der Waals surface area contributed by atoms with Gasteiger partial charge < -0.3 is 9.64 Å². The molecule has 34 heavy (non-hydrogen) atoms. The van der Waals surface area contributed by atoms with Gasteiger partial charge in [0.2, 0.25) is 0 Å². The van der Waals surface area contributed by atoms with Crippen LogP contribution in [0.3, 0.4) is 0 Å². The molecule has 0 bridgehead atoms.